The average molecular weight is 299 g/mol. The number of aryl methyl sites for hydroxylation is 1. The second kappa shape index (κ2) is 5.84. The molecule has 0 bridgehead atoms. The molecular formula is C8H8BBrF4N2. The maximum atomic E-state index is 9.75. The molecule has 1 aromatic rings. The highest BCUT2D eigenvalue weighted by molar-refractivity contribution is 9.10. The fourth-order valence-electron chi connectivity index (χ4n) is 0.919. The van der Waals surface area contributed by atoms with Crippen LogP contribution in [0.4, 0.5) is 23.0 Å². The molecule has 16 heavy (non-hydrogen) atoms. The van der Waals surface area contributed by atoms with Crippen LogP contribution in [-0.2, 0) is 0 Å². The Labute approximate surface area is 98.5 Å². The van der Waals surface area contributed by atoms with Gasteiger partial charge in [-0.25, -0.2) is 0 Å². The Hall–Kier alpha value is -1.10. The highest BCUT2D eigenvalue weighted by Gasteiger charge is 2.20. The molecular weight excluding hydrogens is 291 g/mol. The Morgan fingerprint density at radius 3 is 2.00 bits per heavy atom. The summed E-state index contributed by atoms with van der Waals surface area (Å²) in [4.78, 5) is 3.14. The zero-order valence-corrected chi connectivity index (χ0v) is 10.1. The summed E-state index contributed by atoms with van der Waals surface area (Å²) >= 11 is 3.40. The lowest BCUT2D eigenvalue weighted by atomic mass is 10.1. The summed E-state index contributed by atoms with van der Waals surface area (Å²) in [6.45, 7) is 3.91. The summed E-state index contributed by atoms with van der Waals surface area (Å²) in [5.74, 6) is 0. The Morgan fingerprint density at radius 1 is 1.19 bits per heavy atom. The molecule has 0 spiro atoms. The quantitative estimate of drug-likeness (QED) is 0.382. The molecule has 0 amide bonds. The van der Waals surface area contributed by atoms with E-state index in [1.165, 1.54) is 0 Å². The SMILES string of the molecule is Cc1ccc([N+]#N)c(C)c1Br.F[B-](F)(F)F. The predicted molar refractivity (Wildman–Crippen MR) is 58.5 cm³/mol. The number of diazo groups is 1. The summed E-state index contributed by atoms with van der Waals surface area (Å²) < 4.78 is 40.0. The third kappa shape index (κ3) is 5.71. The van der Waals surface area contributed by atoms with Crippen molar-refractivity contribution in [1.82, 2.24) is 0 Å². The van der Waals surface area contributed by atoms with E-state index in [2.05, 4.69) is 20.9 Å². The monoisotopic (exact) mass is 298 g/mol. The van der Waals surface area contributed by atoms with Gasteiger partial charge in [0.1, 0.15) is 0 Å². The Bertz CT molecular complexity index is 408. The minimum atomic E-state index is -6.00. The highest BCUT2D eigenvalue weighted by Crippen LogP contribution is 2.28. The first-order chi connectivity index (χ1) is 7.16. The Morgan fingerprint density at radius 2 is 1.62 bits per heavy atom. The largest absolute Gasteiger partial charge is 0.673 e. The van der Waals surface area contributed by atoms with Gasteiger partial charge in [-0.05, 0) is 35.3 Å². The van der Waals surface area contributed by atoms with E-state index in [-0.39, 0.29) is 0 Å². The van der Waals surface area contributed by atoms with E-state index >= 15 is 0 Å². The van der Waals surface area contributed by atoms with Crippen molar-refractivity contribution in [2.45, 2.75) is 13.8 Å². The molecule has 1 rings (SSSR count). The van der Waals surface area contributed by atoms with Gasteiger partial charge in [-0.3, -0.25) is 0 Å². The summed E-state index contributed by atoms with van der Waals surface area (Å²) in [5, 5.41) is 8.54. The molecule has 0 saturated heterocycles. The number of nitrogens with zero attached hydrogens (tertiary/aromatic N) is 2. The first kappa shape index (κ1) is 14.9. The molecule has 0 heterocycles. The van der Waals surface area contributed by atoms with Gasteiger partial charge in [0.15, 0.2) is 4.98 Å². The zero-order chi connectivity index (χ0) is 12.9. The summed E-state index contributed by atoms with van der Waals surface area (Å²) in [6.07, 6.45) is 0. The molecule has 0 N–H and O–H groups in total. The van der Waals surface area contributed by atoms with Crippen LogP contribution in [0.5, 0.6) is 0 Å². The Balaban J connectivity index is 0.000000385. The highest BCUT2D eigenvalue weighted by atomic mass is 79.9. The van der Waals surface area contributed by atoms with E-state index in [1.807, 2.05) is 19.9 Å². The van der Waals surface area contributed by atoms with Gasteiger partial charge >= 0.3 is 12.9 Å². The van der Waals surface area contributed by atoms with Crippen molar-refractivity contribution in [3.05, 3.63) is 32.7 Å². The standard InChI is InChI=1S/C8H8BrN2.BF4/c1-5-3-4-7(11-10)6(2)8(5)9;2-1(3,4)5/h3-4H,1-2H3;/q+1;-1. The average Bonchev–Trinajstić information content (AvgIpc) is 2.12. The van der Waals surface area contributed by atoms with Gasteiger partial charge in [0, 0.05) is 10.5 Å². The second-order valence-electron chi connectivity index (χ2n) is 2.94. The zero-order valence-electron chi connectivity index (χ0n) is 8.52. The topological polar surface area (TPSA) is 28.1 Å². The number of benzene rings is 1. The van der Waals surface area contributed by atoms with Gasteiger partial charge < -0.3 is 17.3 Å². The van der Waals surface area contributed by atoms with Crippen LogP contribution in [0.25, 0.3) is 4.98 Å². The fourth-order valence-corrected chi connectivity index (χ4v) is 1.25. The van der Waals surface area contributed by atoms with Crippen molar-refractivity contribution in [3.8, 4) is 0 Å². The van der Waals surface area contributed by atoms with Crippen molar-refractivity contribution in [3.63, 3.8) is 0 Å². The van der Waals surface area contributed by atoms with E-state index in [0.29, 0.717) is 5.69 Å². The van der Waals surface area contributed by atoms with Crippen molar-refractivity contribution < 1.29 is 17.3 Å². The lowest BCUT2D eigenvalue weighted by Gasteiger charge is -1.96. The lowest BCUT2D eigenvalue weighted by molar-refractivity contribution is 0.368. The number of hydrogen-bond donors (Lipinski definition) is 0. The van der Waals surface area contributed by atoms with E-state index in [4.69, 9.17) is 5.39 Å². The molecule has 0 saturated carbocycles. The van der Waals surface area contributed by atoms with Crippen molar-refractivity contribution in [1.29, 1.82) is 5.39 Å². The molecule has 0 aliphatic heterocycles. The van der Waals surface area contributed by atoms with Crippen molar-refractivity contribution in [2.24, 2.45) is 0 Å². The van der Waals surface area contributed by atoms with Crippen LogP contribution in [0.15, 0.2) is 16.6 Å². The van der Waals surface area contributed by atoms with E-state index in [9.17, 15) is 17.3 Å². The van der Waals surface area contributed by atoms with Crippen LogP contribution in [0.3, 0.4) is 0 Å². The molecule has 0 radical (unpaired) electrons. The number of hydrogen-bond acceptors (Lipinski definition) is 1. The van der Waals surface area contributed by atoms with Gasteiger partial charge in [0.25, 0.3) is 0 Å². The molecule has 0 aromatic heterocycles. The van der Waals surface area contributed by atoms with Crippen molar-refractivity contribution in [2.75, 3.05) is 0 Å². The van der Waals surface area contributed by atoms with Crippen LogP contribution in [0.2, 0.25) is 0 Å². The number of rotatable bonds is 0. The first-order valence-corrected chi connectivity index (χ1v) is 4.94. The van der Waals surface area contributed by atoms with Gasteiger partial charge in [-0.1, -0.05) is 6.07 Å². The van der Waals surface area contributed by atoms with Gasteiger partial charge in [0.05, 0.1) is 5.56 Å². The van der Waals surface area contributed by atoms with Gasteiger partial charge in [-0.2, -0.15) is 0 Å². The third-order valence-electron chi connectivity index (χ3n) is 1.66. The molecule has 0 aliphatic carbocycles. The third-order valence-corrected chi connectivity index (χ3v) is 2.88. The van der Waals surface area contributed by atoms with Crippen molar-refractivity contribution >= 4 is 28.9 Å². The molecule has 0 atom stereocenters. The van der Waals surface area contributed by atoms with Gasteiger partial charge in [0.2, 0.25) is 5.39 Å². The fraction of sp³-hybridized carbons (Fsp3) is 0.250. The predicted octanol–water partition coefficient (Wildman–Crippen LogP) is 4.85. The molecule has 2 nitrogen and oxygen atoms in total. The molecule has 0 unspecified atom stereocenters. The van der Waals surface area contributed by atoms with Gasteiger partial charge in [-0.15, -0.1) is 0 Å². The smallest absolute Gasteiger partial charge is 0.418 e. The first-order valence-electron chi connectivity index (χ1n) is 4.15. The van der Waals surface area contributed by atoms with E-state index < -0.39 is 7.25 Å². The minimum Gasteiger partial charge on any atom is -0.418 e. The van der Waals surface area contributed by atoms with Crippen LogP contribution in [0, 0.1) is 19.2 Å². The summed E-state index contributed by atoms with van der Waals surface area (Å²) in [5.41, 5.74) is 2.73. The number of halogens is 5. The van der Waals surface area contributed by atoms with Crippen LogP contribution < -0.4 is 0 Å². The molecule has 0 aliphatic rings. The van der Waals surface area contributed by atoms with Crippen LogP contribution in [-0.4, -0.2) is 7.25 Å². The maximum Gasteiger partial charge on any atom is 0.673 e. The van der Waals surface area contributed by atoms with Crippen LogP contribution in [0.1, 0.15) is 11.1 Å². The molecule has 1 aromatic carbocycles. The molecule has 0 fully saturated rings. The second-order valence-corrected chi connectivity index (χ2v) is 3.73. The molecule has 8 heteroatoms. The van der Waals surface area contributed by atoms with E-state index in [0.717, 1.165) is 15.6 Å². The van der Waals surface area contributed by atoms with E-state index in [1.54, 1.807) is 6.07 Å². The summed E-state index contributed by atoms with van der Waals surface area (Å²) in [6, 6.07) is 3.70. The Kier molecular flexibility index (Phi) is 5.44. The molecule has 88 valence electrons. The minimum absolute atomic E-state index is 0.613. The maximum absolute atomic E-state index is 9.75. The van der Waals surface area contributed by atoms with Crippen LogP contribution >= 0.6 is 15.9 Å². The summed E-state index contributed by atoms with van der Waals surface area (Å²) in [7, 11) is -6.00. The lowest BCUT2D eigenvalue weighted by Crippen LogP contribution is -2.02. The normalized spacial score (nSPS) is 10.1.